The molecule has 0 fully saturated rings. The number of aliphatic hydroxyl groups excluding tert-OH is 1. The maximum Gasteiger partial charge on any atom is 0.0436 e. The molecule has 0 bridgehead atoms. The van der Waals surface area contributed by atoms with Crippen LogP contribution < -0.4 is 0 Å². The predicted molar refractivity (Wildman–Crippen MR) is 44.9 cm³/mol. The SMILES string of the molecule is C=C(C)CC(C)(C)CCO. The first-order chi connectivity index (χ1) is 4.48. The fourth-order valence-electron chi connectivity index (χ4n) is 1.21. The number of rotatable bonds is 4. The van der Waals surface area contributed by atoms with Crippen LogP contribution in [0, 0.1) is 5.41 Å². The second-order valence-electron chi connectivity index (χ2n) is 3.77. The molecule has 0 rings (SSSR count). The molecule has 0 aromatic heterocycles. The summed E-state index contributed by atoms with van der Waals surface area (Å²) in [7, 11) is 0. The van der Waals surface area contributed by atoms with Gasteiger partial charge in [-0.05, 0) is 25.2 Å². The first-order valence-corrected chi connectivity index (χ1v) is 3.73. The second-order valence-corrected chi connectivity index (χ2v) is 3.77. The molecule has 0 heterocycles. The van der Waals surface area contributed by atoms with Gasteiger partial charge >= 0.3 is 0 Å². The third kappa shape index (κ3) is 4.57. The van der Waals surface area contributed by atoms with E-state index in [2.05, 4.69) is 20.4 Å². The Hall–Kier alpha value is -0.300. The van der Waals surface area contributed by atoms with Crippen molar-refractivity contribution in [3.8, 4) is 0 Å². The van der Waals surface area contributed by atoms with E-state index in [1.807, 2.05) is 6.92 Å². The van der Waals surface area contributed by atoms with E-state index in [1.54, 1.807) is 0 Å². The zero-order valence-electron chi connectivity index (χ0n) is 7.28. The molecule has 0 unspecified atom stereocenters. The summed E-state index contributed by atoms with van der Waals surface area (Å²) < 4.78 is 0. The zero-order valence-corrected chi connectivity index (χ0v) is 7.28. The third-order valence-corrected chi connectivity index (χ3v) is 1.57. The van der Waals surface area contributed by atoms with Crippen LogP contribution in [0.3, 0.4) is 0 Å². The van der Waals surface area contributed by atoms with Crippen LogP contribution >= 0.6 is 0 Å². The first kappa shape index (κ1) is 9.70. The Morgan fingerprint density at radius 3 is 2.30 bits per heavy atom. The van der Waals surface area contributed by atoms with Gasteiger partial charge in [-0.15, -0.1) is 6.58 Å². The van der Waals surface area contributed by atoms with Crippen molar-refractivity contribution in [3.05, 3.63) is 12.2 Å². The van der Waals surface area contributed by atoms with Gasteiger partial charge in [-0.25, -0.2) is 0 Å². The van der Waals surface area contributed by atoms with Crippen molar-refractivity contribution in [2.45, 2.75) is 33.6 Å². The summed E-state index contributed by atoms with van der Waals surface area (Å²) in [4.78, 5) is 0. The van der Waals surface area contributed by atoms with Crippen molar-refractivity contribution < 1.29 is 5.11 Å². The van der Waals surface area contributed by atoms with Crippen molar-refractivity contribution in [1.29, 1.82) is 0 Å². The molecule has 60 valence electrons. The van der Waals surface area contributed by atoms with Gasteiger partial charge in [0, 0.05) is 6.61 Å². The smallest absolute Gasteiger partial charge is 0.0436 e. The lowest BCUT2D eigenvalue weighted by Gasteiger charge is -2.23. The lowest BCUT2D eigenvalue weighted by molar-refractivity contribution is 0.211. The Kier molecular flexibility index (Phi) is 3.66. The van der Waals surface area contributed by atoms with Crippen LogP contribution in [0.1, 0.15) is 33.6 Å². The molecule has 0 aliphatic carbocycles. The molecular formula is C9H18O. The molecule has 0 saturated heterocycles. The molecule has 0 aromatic rings. The van der Waals surface area contributed by atoms with Gasteiger partial charge in [-0.3, -0.25) is 0 Å². The van der Waals surface area contributed by atoms with Crippen LogP contribution in [0.4, 0.5) is 0 Å². The fraction of sp³-hybridized carbons (Fsp3) is 0.778. The Labute approximate surface area is 63.8 Å². The predicted octanol–water partition coefficient (Wildman–Crippen LogP) is 2.36. The van der Waals surface area contributed by atoms with E-state index in [1.165, 1.54) is 5.57 Å². The summed E-state index contributed by atoms with van der Waals surface area (Å²) in [5.41, 5.74) is 1.42. The van der Waals surface area contributed by atoms with Crippen molar-refractivity contribution in [3.63, 3.8) is 0 Å². The van der Waals surface area contributed by atoms with Gasteiger partial charge in [-0.1, -0.05) is 19.4 Å². The first-order valence-electron chi connectivity index (χ1n) is 3.73. The van der Waals surface area contributed by atoms with Crippen LogP contribution in [0.25, 0.3) is 0 Å². The van der Waals surface area contributed by atoms with Gasteiger partial charge in [0.05, 0.1) is 0 Å². The molecule has 0 radical (unpaired) electrons. The van der Waals surface area contributed by atoms with Crippen LogP contribution in [0.15, 0.2) is 12.2 Å². The molecule has 0 atom stereocenters. The van der Waals surface area contributed by atoms with Crippen molar-refractivity contribution >= 4 is 0 Å². The maximum absolute atomic E-state index is 8.69. The summed E-state index contributed by atoms with van der Waals surface area (Å²) in [6.45, 7) is 10.4. The minimum Gasteiger partial charge on any atom is -0.396 e. The summed E-state index contributed by atoms with van der Waals surface area (Å²) in [6, 6.07) is 0. The molecule has 0 aliphatic heterocycles. The normalized spacial score (nSPS) is 11.6. The van der Waals surface area contributed by atoms with E-state index in [4.69, 9.17) is 5.11 Å². The average Bonchev–Trinajstić information content (AvgIpc) is 1.59. The Bertz CT molecular complexity index is 114. The molecule has 10 heavy (non-hydrogen) atoms. The second kappa shape index (κ2) is 3.77. The summed E-state index contributed by atoms with van der Waals surface area (Å²) in [5, 5.41) is 8.69. The average molecular weight is 142 g/mol. The van der Waals surface area contributed by atoms with E-state index in [0.717, 1.165) is 12.8 Å². The highest BCUT2D eigenvalue weighted by Gasteiger charge is 2.16. The van der Waals surface area contributed by atoms with Gasteiger partial charge in [0.25, 0.3) is 0 Å². The van der Waals surface area contributed by atoms with E-state index in [9.17, 15) is 0 Å². The minimum atomic E-state index is 0.223. The zero-order chi connectivity index (χ0) is 8.20. The van der Waals surface area contributed by atoms with Gasteiger partial charge < -0.3 is 5.11 Å². The van der Waals surface area contributed by atoms with Gasteiger partial charge in [-0.2, -0.15) is 0 Å². The molecule has 1 N–H and O–H groups in total. The van der Waals surface area contributed by atoms with Gasteiger partial charge in [0.15, 0.2) is 0 Å². The van der Waals surface area contributed by atoms with Gasteiger partial charge in [0.1, 0.15) is 0 Å². The molecule has 0 aromatic carbocycles. The van der Waals surface area contributed by atoms with Crippen LogP contribution in [0.2, 0.25) is 0 Å². The quantitative estimate of drug-likeness (QED) is 0.597. The fourth-order valence-corrected chi connectivity index (χ4v) is 1.21. The monoisotopic (exact) mass is 142 g/mol. The molecule has 0 aliphatic rings. The minimum absolute atomic E-state index is 0.223. The number of aliphatic hydroxyl groups is 1. The molecular weight excluding hydrogens is 124 g/mol. The number of allylic oxidation sites excluding steroid dienone is 1. The number of hydrogen-bond acceptors (Lipinski definition) is 1. The Morgan fingerprint density at radius 2 is 2.00 bits per heavy atom. The van der Waals surface area contributed by atoms with Crippen molar-refractivity contribution in [1.82, 2.24) is 0 Å². The van der Waals surface area contributed by atoms with Gasteiger partial charge in [0.2, 0.25) is 0 Å². The lowest BCUT2D eigenvalue weighted by Crippen LogP contribution is -2.13. The number of hydrogen-bond donors (Lipinski definition) is 1. The van der Waals surface area contributed by atoms with E-state index >= 15 is 0 Å². The summed E-state index contributed by atoms with van der Waals surface area (Å²) in [5.74, 6) is 0. The van der Waals surface area contributed by atoms with E-state index in [-0.39, 0.29) is 12.0 Å². The van der Waals surface area contributed by atoms with Crippen LogP contribution in [-0.4, -0.2) is 11.7 Å². The van der Waals surface area contributed by atoms with E-state index in [0.29, 0.717) is 0 Å². The highest BCUT2D eigenvalue weighted by atomic mass is 16.3. The topological polar surface area (TPSA) is 20.2 Å². The summed E-state index contributed by atoms with van der Waals surface area (Å²) in [6.07, 6.45) is 1.87. The molecule has 0 amide bonds. The molecule has 1 nitrogen and oxygen atoms in total. The molecule has 0 saturated carbocycles. The highest BCUT2D eigenvalue weighted by molar-refractivity contribution is 4.93. The van der Waals surface area contributed by atoms with Crippen molar-refractivity contribution in [2.24, 2.45) is 5.41 Å². The Morgan fingerprint density at radius 1 is 1.50 bits per heavy atom. The van der Waals surface area contributed by atoms with E-state index < -0.39 is 0 Å². The Balaban J connectivity index is 3.74. The third-order valence-electron chi connectivity index (χ3n) is 1.57. The van der Waals surface area contributed by atoms with Crippen LogP contribution in [-0.2, 0) is 0 Å². The van der Waals surface area contributed by atoms with Crippen LogP contribution in [0.5, 0.6) is 0 Å². The lowest BCUT2D eigenvalue weighted by atomic mass is 9.84. The highest BCUT2D eigenvalue weighted by Crippen LogP contribution is 2.27. The molecule has 1 heteroatoms. The maximum atomic E-state index is 8.69. The summed E-state index contributed by atoms with van der Waals surface area (Å²) >= 11 is 0. The molecule has 0 spiro atoms. The van der Waals surface area contributed by atoms with Crippen molar-refractivity contribution in [2.75, 3.05) is 6.61 Å². The largest absolute Gasteiger partial charge is 0.396 e. The standard InChI is InChI=1S/C9H18O/c1-8(2)7-9(3,4)5-6-10/h10H,1,5-7H2,2-4H3.